The molecule has 2 nitrogen and oxygen atoms in total. The van der Waals surface area contributed by atoms with Crippen molar-refractivity contribution in [2.24, 2.45) is 0 Å². The van der Waals surface area contributed by atoms with Gasteiger partial charge < -0.3 is 10.2 Å². The van der Waals surface area contributed by atoms with Crippen molar-refractivity contribution in [3.8, 4) is 0 Å². The molecule has 2 aromatic rings. The lowest BCUT2D eigenvalue weighted by atomic mass is 9.98. The fraction of sp³-hybridized carbons (Fsp3) is 0.143. The molecule has 2 atom stereocenters. The molecule has 94 valence electrons. The molecule has 0 unspecified atom stereocenters. The summed E-state index contributed by atoms with van der Waals surface area (Å²) < 4.78 is 0. The highest BCUT2D eigenvalue weighted by Gasteiger charge is 2.23. The quantitative estimate of drug-likeness (QED) is 0.652. The maximum atomic E-state index is 10.2. The molecule has 0 aliphatic rings. The molecule has 0 saturated heterocycles. The molecule has 2 rings (SSSR count). The van der Waals surface area contributed by atoms with E-state index in [0.29, 0.717) is 20.9 Å². The number of hydrogen-bond acceptors (Lipinski definition) is 4. The summed E-state index contributed by atoms with van der Waals surface area (Å²) in [5, 5.41) is 20.4. The highest BCUT2D eigenvalue weighted by atomic mass is 32.1. The van der Waals surface area contributed by atoms with Gasteiger partial charge in [0.05, 0.1) is 0 Å². The zero-order valence-electron chi connectivity index (χ0n) is 9.56. The van der Waals surface area contributed by atoms with E-state index in [1.165, 1.54) is 0 Å². The Bertz CT molecular complexity index is 493. The van der Waals surface area contributed by atoms with Crippen LogP contribution in [0.2, 0.25) is 0 Å². The van der Waals surface area contributed by atoms with Gasteiger partial charge in [0.2, 0.25) is 0 Å². The topological polar surface area (TPSA) is 40.5 Å². The van der Waals surface area contributed by atoms with Gasteiger partial charge >= 0.3 is 0 Å². The minimum absolute atomic E-state index is 0.602. The van der Waals surface area contributed by atoms with Crippen LogP contribution in [-0.2, 0) is 0 Å². The van der Waals surface area contributed by atoms with Crippen molar-refractivity contribution in [3.05, 3.63) is 59.7 Å². The molecule has 2 N–H and O–H groups in total. The van der Waals surface area contributed by atoms with Gasteiger partial charge in [-0.15, -0.1) is 25.3 Å². The number of thiol groups is 2. The average Bonchev–Trinajstić information content (AvgIpc) is 2.38. The lowest BCUT2D eigenvalue weighted by Crippen LogP contribution is -2.11. The minimum Gasteiger partial charge on any atom is -0.385 e. The standard InChI is InChI=1S/C14H14O2S2/c15-13(9-5-1-3-7-11(9)17)14(16)10-6-2-4-8-12(10)18/h1-8,13-18H/t13-,14-/m1/s1. The van der Waals surface area contributed by atoms with Crippen molar-refractivity contribution in [2.45, 2.75) is 22.0 Å². The van der Waals surface area contributed by atoms with Gasteiger partial charge in [0.25, 0.3) is 0 Å². The van der Waals surface area contributed by atoms with E-state index in [1.807, 2.05) is 12.1 Å². The van der Waals surface area contributed by atoms with E-state index < -0.39 is 12.2 Å². The molecule has 0 fully saturated rings. The van der Waals surface area contributed by atoms with E-state index >= 15 is 0 Å². The molecule has 0 spiro atoms. The van der Waals surface area contributed by atoms with E-state index in [9.17, 15) is 10.2 Å². The Kier molecular flexibility index (Phi) is 4.35. The van der Waals surface area contributed by atoms with Crippen molar-refractivity contribution in [1.82, 2.24) is 0 Å². The second kappa shape index (κ2) is 5.80. The smallest absolute Gasteiger partial charge is 0.110 e. The number of aliphatic hydroxyl groups excluding tert-OH is 2. The number of benzene rings is 2. The minimum atomic E-state index is -1.02. The van der Waals surface area contributed by atoms with E-state index in [4.69, 9.17) is 0 Å². The third kappa shape index (κ3) is 2.72. The molecule has 18 heavy (non-hydrogen) atoms. The molecule has 0 aliphatic carbocycles. The molecular weight excluding hydrogens is 264 g/mol. The Balaban J connectivity index is 2.33. The fourth-order valence-electron chi connectivity index (χ4n) is 1.82. The average molecular weight is 278 g/mol. The highest BCUT2D eigenvalue weighted by molar-refractivity contribution is 7.80. The van der Waals surface area contributed by atoms with E-state index in [2.05, 4.69) is 25.3 Å². The van der Waals surface area contributed by atoms with Crippen molar-refractivity contribution < 1.29 is 10.2 Å². The van der Waals surface area contributed by atoms with Crippen LogP contribution in [-0.4, -0.2) is 10.2 Å². The van der Waals surface area contributed by atoms with Crippen LogP contribution in [0.4, 0.5) is 0 Å². The van der Waals surface area contributed by atoms with Gasteiger partial charge in [-0.2, -0.15) is 0 Å². The maximum absolute atomic E-state index is 10.2. The van der Waals surface area contributed by atoms with E-state index in [1.54, 1.807) is 36.4 Å². The van der Waals surface area contributed by atoms with Crippen LogP contribution in [0.3, 0.4) is 0 Å². The first-order chi connectivity index (χ1) is 8.61. The predicted octanol–water partition coefficient (Wildman–Crippen LogP) is 3.03. The first kappa shape index (κ1) is 13.5. The number of rotatable bonds is 3. The molecule has 4 heteroatoms. The van der Waals surface area contributed by atoms with Crippen LogP contribution >= 0.6 is 25.3 Å². The monoisotopic (exact) mass is 278 g/mol. The molecule has 0 bridgehead atoms. The van der Waals surface area contributed by atoms with E-state index in [0.717, 1.165) is 0 Å². The zero-order valence-corrected chi connectivity index (χ0v) is 11.4. The second-order valence-corrected chi connectivity index (χ2v) is 4.97. The van der Waals surface area contributed by atoms with Gasteiger partial charge in [0.1, 0.15) is 12.2 Å². The first-order valence-electron chi connectivity index (χ1n) is 5.53. The summed E-state index contributed by atoms with van der Waals surface area (Å²) in [4.78, 5) is 1.31. The van der Waals surface area contributed by atoms with Crippen molar-refractivity contribution in [1.29, 1.82) is 0 Å². The highest BCUT2D eigenvalue weighted by Crippen LogP contribution is 2.34. The largest absolute Gasteiger partial charge is 0.385 e. The second-order valence-electron chi connectivity index (χ2n) is 4.01. The van der Waals surface area contributed by atoms with Gasteiger partial charge in [0.15, 0.2) is 0 Å². The molecule has 0 aromatic heterocycles. The summed E-state index contributed by atoms with van der Waals surface area (Å²) in [6.07, 6.45) is -2.04. The van der Waals surface area contributed by atoms with Gasteiger partial charge in [-0.1, -0.05) is 36.4 Å². The van der Waals surface area contributed by atoms with Crippen LogP contribution in [0.5, 0.6) is 0 Å². The molecule has 0 saturated carbocycles. The van der Waals surface area contributed by atoms with Crippen LogP contribution in [0.1, 0.15) is 23.3 Å². The lowest BCUT2D eigenvalue weighted by Gasteiger charge is -2.21. The van der Waals surface area contributed by atoms with Crippen LogP contribution in [0, 0.1) is 0 Å². The van der Waals surface area contributed by atoms with Crippen LogP contribution in [0.15, 0.2) is 58.3 Å². The summed E-state index contributed by atoms with van der Waals surface area (Å²) in [5.41, 5.74) is 1.20. The molecule has 0 heterocycles. The first-order valence-corrected chi connectivity index (χ1v) is 6.42. The van der Waals surface area contributed by atoms with Crippen molar-refractivity contribution >= 4 is 25.3 Å². The van der Waals surface area contributed by atoms with Crippen LogP contribution in [0.25, 0.3) is 0 Å². The molecule has 0 amide bonds. The third-order valence-corrected chi connectivity index (χ3v) is 3.62. The van der Waals surface area contributed by atoms with E-state index in [-0.39, 0.29) is 0 Å². The van der Waals surface area contributed by atoms with Gasteiger partial charge in [-0.05, 0) is 23.3 Å². The lowest BCUT2D eigenvalue weighted by molar-refractivity contribution is 0.0142. The molecular formula is C14H14O2S2. The van der Waals surface area contributed by atoms with Gasteiger partial charge in [-0.25, -0.2) is 0 Å². The molecule has 2 aromatic carbocycles. The normalized spacial score (nSPS) is 14.2. The summed E-state index contributed by atoms with van der Waals surface area (Å²) in [6, 6.07) is 14.3. The van der Waals surface area contributed by atoms with Crippen molar-refractivity contribution in [2.75, 3.05) is 0 Å². The molecule has 0 aliphatic heterocycles. The Labute approximate surface area is 117 Å². The van der Waals surface area contributed by atoms with Crippen LogP contribution < -0.4 is 0 Å². The maximum Gasteiger partial charge on any atom is 0.110 e. The fourth-order valence-corrected chi connectivity index (χ4v) is 2.40. The van der Waals surface area contributed by atoms with Gasteiger partial charge in [-0.3, -0.25) is 0 Å². The number of hydrogen-bond donors (Lipinski definition) is 4. The summed E-state index contributed by atoms with van der Waals surface area (Å²) >= 11 is 8.56. The van der Waals surface area contributed by atoms with Gasteiger partial charge in [0, 0.05) is 9.79 Å². The zero-order chi connectivity index (χ0) is 13.1. The molecule has 0 radical (unpaired) electrons. The number of aliphatic hydroxyl groups is 2. The summed E-state index contributed by atoms with van der Waals surface area (Å²) in [7, 11) is 0. The third-order valence-electron chi connectivity index (χ3n) is 2.81. The summed E-state index contributed by atoms with van der Waals surface area (Å²) in [6.45, 7) is 0. The SMILES string of the molecule is O[C@H](c1ccccc1S)[C@H](O)c1ccccc1S. The Morgan fingerprint density at radius 3 is 1.33 bits per heavy atom. The Hall–Kier alpha value is -0.940. The Morgan fingerprint density at radius 2 is 1.00 bits per heavy atom. The predicted molar refractivity (Wildman–Crippen MR) is 77.3 cm³/mol. The Morgan fingerprint density at radius 1 is 0.667 bits per heavy atom. The summed E-state index contributed by atoms with van der Waals surface area (Å²) in [5.74, 6) is 0. The van der Waals surface area contributed by atoms with Crippen molar-refractivity contribution in [3.63, 3.8) is 0 Å².